The molecule has 2 atom stereocenters. The van der Waals surface area contributed by atoms with Crippen molar-refractivity contribution in [1.29, 1.82) is 0 Å². The maximum atomic E-state index is 13.7. The van der Waals surface area contributed by atoms with Gasteiger partial charge < -0.3 is 9.72 Å². The van der Waals surface area contributed by atoms with Crippen molar-refractivity contribution in [2.75, 3.05) is 13.2 Å². The molecule has 37 heavy (non-hydrogen) atoms. The molecule has 0 radical (unpaired) electrons. The van der Waals surface area contributed by atoms with Gasteiger partial charge in [-0.1, -0.05) is 31.9 Å². The van der Waals surface area contributed by atoms with Gasteiger partial charge in [0.2, 0.25) is 0 Å². The first kappa shape index (κ1) is 24.5. The fraction of sp³-hybridized carbons (Fsp3) is 0.500. The summed E-state index contributed by atoms with van der Waals surface area (Å²) >= 11 is 1.73. The lowest BCUT2D eigenvalue weighted by atomic mass is 10.0. The van der Waals surface area contributed by atoms with Crippen LogP contribution in [0.15, 0.2) is 46.6 Å². The summed E-state index contributed by atoms with van der Waals surface area (Å²) in [4.78, 5) is 20.5. The zero-order valence-electron chi connectivity index (χ0n) is 21.3. The van der Waals surface area contributed by atoms with E-state index in [4.69, 9.17) is 4.74 Å². The first-order chi connectivity index (χ1) is 18.2. The van der Waals surface area contributed by atoms with Crippen molar-refractivity contribution >= 4 is 22.2 Å². The Morgan fingerprint density at radius 3 is 2.84 bits per heavy atom. The molecule has 0 spiro atoms. The van der Waals surface area contributed by atoms with E-state index in [0.29, 0.717) is 18.7 Å². The molecule has 1 aliphatic heterocycles. The Morgan fingerprint density at radius 1 is 1.19 bits per heavy atom. The second-order valence-corrected chi connectivity index (χ2v) is 11.3. The Morgan fingerprint density at radius 2 is 2.08 bits per heavy atom. The topological polar surface area (TPSA) is 88.9 Å². The van der Waals surface area contributed by atoms with Crippen LogP contribution in [0.4, 0.5) is 0 Å². The molecule has 0 bridgehead atoms. The number of fused-ring (bicyclic) bond motifs is 1. The number of benzene rings is 1. The number of hydrogen-bond acceptors (Lipinski definition) is 7. The minimum atomic E-state index is -0.389. The number of aryl methyl sites for hydroxylation is 1. The second kappa shape index (κ2) is 10.8. The summed E-state index contributed by atoms with van der Waals surface area (Å²) in [6.07, 6.45) is 7.65. The zero-order valence-corrected chi connectivity index (χ0v) is 22.1. The van der Waals surface area contributed by atoms with Crippen molar-refractivity contribution in [1.82, 2.24) is 30.1 Å². The normalized spacial score (nSPS) is 19.4. The van der Waals surface area contributed by atoms with Crippen LogP contribution in [-0.2, 0) is 17.7 Å². The standard InChI is InChI=1S/C28H34N6O2S/c1-2-19-11-12-25-20(15-19)16-24(28(35)29-25)26(27-30-31-32-34(27)21-7-3-4-8-21)33(17-22-9-5-13-36-22)18-23-10-6-14-37-23/h6,10-12,14-16,21-22,26H,2-5,7-9,13,17-18H2,1H3,(H,29,35)/t22-,26-/m1/s1. The number of aromatic amines is 1. The molecule has 1 saturated carbocycles. The van der Waals surface area contributed by atoms with Gasteiger partial charge in [0.15, 0.2) is 5.82 Å². The molecular formula is C28H34N6O2S. The summed E-state index contributed by atoms with van der Waals surface area (Å²) < 4.78 is 8.08. The highest BCUT2D eigenvalue weighted by atomic mass is 32.1. The van der Waals surface area contributed by atoms with Crippen molar-refractivity contribution in [2.24, 2.45) is 0 Å². The van der Waals surface area contributed by atoms with Crippen LogP contribution < -0.4 is 5.56 Å². The molecule has 9 heteroatoms. The maximum Gasteiger partial charge on any atom is 0.253 e. The quantitative estimate of drug-likeness (QED) is 0.335. The van der Waals surface area contributed by atoms with Crippen molar-refractivity contribution < 1.29 is 4.74 Å². The molecule has 8 nitrogen and oxygen atoms in total. The monoisotopic (exact) mass is 518 g/mol. The zero-order chi connectivity index (χ0) is 25.2. The van der Waals surface area contributed by atoms with E-state index < -0.39 is 0 Å². The van der Waals surface area contributed by atoms with Crippen molar-refractivity contribution in [2.45, 2.75) is 76.6 Å². The van der Waals surface area contributed by atoms with Crippen LogP contribution in [-0.4, -0.2) is 49.3 Å². The number of pyridine rings is 1. The Kier molecular flexibility index (Phi) is 7.17. The van der Waals surface area contributed by atoms with E-state index in [2.05, 4.69) is 68.0 Å². The number of tetrazole rings is 1. The van der Waals surface area contributed by atoms with Crippen LogP contribution in [0.1, 0.15) is 79.4 Å². The van der Waals surface area contributed by atoms with Gasteiger partial charge in [-0.25, -0.2) is 4.68 Å². The van der Waals surface area contributed by atoms with E-state index >= 15 is 0 Å². The Bertz CT molecular complexity index is 1390. The van der Waals surface area contributed by atoms with E-state index in [-0.39, 0.29) is 23.7 Å². The summed E-state index contributed by atoms with van der Waals surface area (Å²) in [5.41, 5.74) is 2.69. The van der Waals surface area contributed by atoms with E-state index in [1.165, 1.54) is 23.3 Å². The minimum Gasteiger partial charge on any atom is -0.377 e. The highest BCUT2D eigenvalue weighted by Gasteiger charge is 2.35. The molecule has 0 unspecified atom stereocenters. The third kappa shape index (κ3) is 5.12. The van der Waals surface area contributed by atoms with Gasteiger partial charge in [-0.15, -0.1) is 16.4 Å². The van der Waals surface area contributed by atoms with Gasteiger partial charge >= 0.3 is 0 Å². The maximum absolute atomic E-state index is 13.7. The van der Waals surface area contributed by atoms with Crippen LogP contribution in [0.25, 0.3) is 10.9 Å². The van der Waals surface area contributed by atoms with Crippen molar-refractivity contribution in [3.63, 3.8) is 0 Å². The van der Waals surface area contributed by atoms with E-state index in [1.54, 1.807) is 11.3 Å². The molecule has 1 N–H and O–H groups in total. The van der Waals surface area contributed by atoms with E-state index in [1.807, 2.05) is 10.7 Å². The van der Waals surface area contributed by atoms with Crippen molar-refractivity contribution in [3.05, 3.63) is 74.0 Å². The number of aromatic nitrogens is 5. The molecular weight excluding hydrogens is 484 g/mol. The number of thiophene rings is 1. The number of H-pyrrole nitrogens is 1. The molecule has 4 aromatic rings. The summed E-state index contributed by atoms with van der Waals surface area (Å²) in [5, 5.41) is 16.3. The molecule has 6 rings (SSSR count). The Balaban J connectivity index is 1.50. The average molecular weight is 519 g/mol. The smallest absolute Gasteiger partial charge is 0.253 e. The summed E-state index contributed by atoms with van der Waals surface area (Å²) in [6, 6.07) is 12.4. The lowest BCUT2D eigenvalue weighted by molar-refractivity contribution is 0.0574. The van der Waals surface area contributed by atoms with Crippen LogP contribution in [0.3, 0.4) is 0 Å². The van der Waals surface area contributed by atoms with Gasteiger partial charge in [0.05, 0.1) is 12.1 Å². The van der Waals surface area contributed by atoms with Gasteiger partial charge in [-0.05, 0) is 83.1 Å². The third-order valence-electron chi connectivity index (χ3n) is 7.84. The highest BCUT2D eigenvalue weighted by Crippen LogP contribution is 2.35. The largest absolute Gasteiger partial charge is 0.377 e. The lowest BCUT2D eigenvalue weighted by Gasteiger charge is -2.33. The number of ether oxygens (including phenoxy) is 1. The molecule has 0 amide bonds. The Hall–Kier alpha value is -2.88. The van der Waals surface area contributed by atoms with Gasteiger partial charge in [0, 0.05) is 35.7 Å². The number of nitrogens with one attached hydrogen (secondary N) is 1. The first-order valence-corrected chi connectivity index (χ1v) is 14.4. The fourth-order valence-electron chi connectivity index (χ4n) is 5.90. The molecule has 2 aliphatic rings. The number of hydrogen-bond donors (Lipinski definition) is 1. The molecule has 1 aromatic carbocycles. The fourth-order valence-corrected chi connectivity index (χ4v) is 6.63. The average Bonchev–Trinajstić information content (AvgIpc) is 3.73. The van der Waals surface area contributed by atoms with E-state index in [9.17, 15) is 4.79 Å². The van der Waals surface area contributed by atoms with Crippen LogP contribution >= 0.6 is 11.3 Å². The first-order valence-electron chi connectivity index (χ1n) is 13.5. The van der Waals surface area contributed by atoms with Crippen LogP contribution in [0.2, 0.25) is 0 Å². The number of rotatable bonds is 9. The molecule has 194 valence electrons. The summed E-state index contributed by atoms with van der Waals surface area (Å²) in [6.45, 7) is 4.35. The molecule has 1 saturated heterocycles. The molecule has 1 aliphatic carbocycles. The predicted molar refractivity (Wildman–Crippen MR) is 145 cm³/mol. The molecule has 2 fully saturated rings. The van der Waals surface area contributed by atoms with Gasteiger partial charge in [0.25, 0.3) is 5.56 Å². The molecule has 4 heterocycles. The predicted octanol–water partition coefficient (Wildman–Crippen LogP) is 5.02. The van der Waals surface area contributed by atoms with Crippen LogP contribution in [0.5, 0.6) is 0 Å². The Labute approximate surface area is 220 Å². The third-order valence-corrected chi connectivity index (χ3v) is 8.70. The van der Waals surface area contributed by atoms with E-state index in [0.717, 1.165) is 55.4 Å². The lowest BCUT2D eigenvalue weighted by Crippen LogP contribution is -2.39. The minimum absolute atomic E-state index is 0.0914. The van der Waals surface area contributed by atoms with Crippen molar-refractivity contribution in [3.8, 4) is 0 Å². The van der Waals surface area contributed by atoms with Gasteiger partial charge in [-0.2, -0.15) is 0 Å². The SMILES string of the molecule is CCc1ccc2[nH]c(=O)c([C@H](c3nnnn3C3CCCC3)N(Cc3cccs3)C[C@H]3CCCO3)cc2c1. The highest BCUT2D eigenvalue weighted by molar-refractivity contribution is 7.09. The second-order valence-electron chi connectivity index (χ2n) is 10.3. The van der Waals surface area contributed by atoms with Gasteiger partial charge in [0.1, 0.15) is 6.04 Å². The molecule has 3 aromatic heterocycles. The summed E-state index contributed by atoms with van der Waals surface area (Å²) in [5.74, 6) is 0.748. The number of nitrogens with zero attached hydrogens (tertiary/aromatic N) is 5. The summed E-state index contributed by atoms with van der Waals surface area (Å²) in [7, 11) is 0. The van der Waals surface area contributed by atoms with Gasteiger partial charge in [-0.3, -0.25) is 9.69 Å². The van der Waals surface area contributed by atoms with Crippen LogP contribution in [0, 0.1) is 0 Å².